The van der Waals surface area contributed by atoms with Crippen molar-refractivity contribution in [1.82, 2.24) is 19.7 Å². The molecule has 0 saturated carbocycles. The quantitative estimate of drug-likeness (QED) is 0.864. The number of hydrogen-bond donors (Lipinski definition) is 0. The summed E-state index contributed by atoms with van der Waals surface area (Å²) in [7, 11) is 0. The first-order chi connectivity index (χ1) is 10.7. The van der Waals surface area contributed by atoms with Gasteiger partial charge in [-0.15, -0.1) is 0 Å². The number of hydrogen-bond acceptors (Lipinski definition) is 4. The van der Waals surface area contributed by atoms with Crippen LogP contribution in [-0.4, -0.2) is 38.2 Å². The summed E-state index contributed by atoms with van der Waals surface area (Å²) in [6.45, 7) is 3.19. The summed E-state index contributed by atoms with van der Waals surface area (Å²) < 4.78 is 1.85. The Morgan fingerprint density at radius 1 is 1.50 bits per heavy atom. The molecule has 3 rings (SSSR count). The van der Waals surface area contributed by atoms with Gasteiger partial charge in [-0.2, -0.15) is 10.4 Å². The second-order valence-electron chi connectivity index (χ2n) is 5.46. The predicted molar refractivity (Wildman–Crippen MR) is 80.0 cm³/mol. The Hall–Kier alpha value is -2.68. The zero-order chi connectivity index (χ0) is 15.5. The van der Waals surface area contributed by atoms with Gasteiger partial charge in [0.05, 0.1) is 23.8 Å². The number of rotatable bonds is 3. The Balaban J connectivity index is 1.78. The van der Waals surface area contributed by atoms with Crippen LogP contribution in [0.15, 0.2) is 30.6 Å². The van der Waals surface area contributed by atoms with Crippen molar-refractivity contribution >= 4 is 5.91 Å². The Labute approximate surface area is 129 Å². The third-order valence-corrected chi connectivity index (χ3v) is 4.02. The van der Waals surface area contributed by atoms with Crippen LogP contribution < -0.4 is 0 Å². The van der Waals surface area contributed by atoms with Gasteiger partial charge in [-0.3, -0.25) is 9.48 Å². The van der Waals surface area contributed by atoms with Gasteiger partial charge >= 0.3 is 0 Å². The topological polar surface area (TPSA) is 74.8 Å². The molecule has 1 saturated heterocycles. The van der Waals surface area contributed by atoms with E-state index in [1.54, 1.807) is 25.3 Å². The molecule has 2 aromatic rings. The highest BCUT2D eigenvalue weighted by Gasteiger charge is 2.30. The van der Waals surface area contributed by atoms with Crippen molar-refractivity contribution in [2.75, 3.05) is 6.54 Å². The summed E-state index contributed by atoms with van der Waals surface area (Å²) in [5.74, 6) is -0.0674. The maximum Gasteiger partial charge on any atom is 0.272 e. The van der Waals surface area contributed by atoms with E-state index in [1.807, 2.05) is 21.8 Å². The minimum absolute atomic E-state index is 0.0674. The van der Waals surface area contributed by atoms with Crippen LogP contribution in [0, 0.1) is 18.3 Å². The second-order valence-corrected chi connectivity index (χ2v) is 5.46. The Morgan fingerprint density at radius 3 is 3.05 bits per heavy atom. The maximum absolute atomic E-state index is 12.7. The monoisotopic (exact) mass is 295 g/mol. The number of aromatic nitrogens is 3. The highest BCUT2D eigenvalue weighted by atomic mass is 16.2. The SMILES string of the molecule is Cc1nc(C(=O)N2CCCC2Cn2cccn2)ccc1C#N. The molecule has 0 bridgehead atoms. The van der Waals surface area contributed by atoms with E-state index in [4.69, 9.17) is 5.26 Å². The van der Waals surface area contributed by atoms with Gasteiger partial charge in [0, 0.05) is 18.9 Å². The third kappa shape index (κ3) is 2.70. The molecule has 6 nitrogen and oxygen atoms in total. The van der Waals surface area contributed by atoms with Gasteiger partial charge in [-0.1, -0.05) is 0 Å². The minimum Gasteiger partial charge on any atom is -0.332 e. The average molecular weight is 295 g/mol. The van der Waals surface area contributed by atoms with E-state index in [-0.39, 0.29) is 11.9 Å². The van der Waals surface area contributed by atoms with E-state index in [0.717, 1.165) is 19.4 Å². The summed E-state index contributed by atoms with van der Waals surface area (Å²) in [5.41, 5.74) is 1.51. The van der Waals surface area contributed by atoms with Crippen molar-refractivity contribution in [3.05, 3.63) is 47.5 Å². The van der Waals surface area contributed by atoms with Gasteiger partial charge < -0.3 is 4.90 Å². The lowest BCUT2D eigenvalue weighted by Crippen LogP contribution is -2.38. The summed E-state index contributed by atoms with van der Waals surface area (Å²) in [6.07, 6.45) is 5.62. The molecule has 1 aliphatic rings. The molecular weight excluding hydrogens is 278 g/mol. The number of likely N-dealkylation sites (tertiary alicyclic amines) is 1. The predicted octanol–water partition coefficient (Wildman–Crippen LogP) is 1.76. The molecule has 22 heavy (non-hydrogen) atoms. The molecule has 1 unspecified atom stereocenters. The van der Waals surface area contributed by atoms with Gasteiger partial charge in [0.25, 0.3) is 5.91 Å². The van der Waals surface area contributed by atoms with E-state index in [0.29, 0.717) is 23.5 Å². The van der Waals surface area contributed by atoms with E-state index >= 15 is 0 Å². The first-order valence-electron chi connectivity index (χ1n) is 7.35. The fraction of sp³-hybridized carbons (Fsp3) is 0.375. The van der Waals surface area contributed by atoms with Crippen molar-refractivity contribution in [2.45, 2.75) is 32.4 Å². The molecular formula is C16H17N5O. The first-order valence-corrected chi connectivity index (χ1v) is 7.35. The fourth-order valence-corrected chi connectivity index (χ4v) is 2.86. The van der Waals surface area contributed by atoms with Crippen molar-refractivity contribution in [2.24, 2.45) is 0 Å². The Kier molecular flexibility index (Phi) is 3.88. The van der Waals surface area contributed by atoms with Gasteiger partial charge in [0.1, 0.15) is 11.8 Å². The molecule has 0 aliphatic carbocycles. The highest BCUT2D eigenvalue weighted by Crippen LogP contribution is 2.21. The van der Waals surface area contributed by atoms with Crippen LogP contribution in [0.4, 0.5) is 0 Å². The van der Waals surface area contributed by atoms with Crippen LogP contribution in [0.25, 0.3) is 0 Å². The molecule has 0 spiro atoms. The van der Waals surface area contributed by atoms with Crippen LogP contribution in [0.1, 0.15) is 34.6 Å². The van der Waals surface area contributed by atoms with E-state index in [1.165, 1.54) is 0 Å². The van der Waals surface area contributed by atoms with Gasteiger partial charge in [-0.05, 0) is 38.0 Å². The van der Waals surface area contributed by atoms with Gasteiger partial charge in [0.2, 0.25) is 0 Å². The van der Waals surface area contributed by atoms with Crippen LogP contribution in [0.3, 0.4) is 0 Å². The van der Waals surface area contributed by atoms with Crippen LogP contribution in [0.2, 0.25) is 0 Å². The molecule has 0 aromatic carbocycles. The normalized spacial score (nSPS) is 17.5. The van der Waals surface area contributed by atoms with Crippen LogP contribution in [0.5, 0.6) is 0 Å². The van der Waals surface area contributed by atoms with Crippen molar-refractivity contribution in [3.63, 3.8) is 0 Å². The number of pyridine rings is 1. The highest BCUT2D eigenvalue weighted by molar-refractivity contribution is 5.92. The second kappa shape index (κ2) is 5.98. The van der Waals surface area contributed by atoms with Crippen molar-refractivity contribution in [1.29, 1.82) is 5.26 Å². The number of aryl methyl sites for hydroxylation is 1. The number of nitriles is 1. The number of nitrogens with zero attached hydrogens (tertiary/aromatic N) is 5. The maximum atomic E-state index is 12.7. The molecule has 2 aromatic heterocycles. The number of carbonyl (C=O) groups excluding carboxylic acids is 1. The van der Waals surface area contributed by atoms with Crippen LogP contribution >= 0.6 is 0 Å². The number of carbonyl (C=O) groups is 1. The van der Waals surface area contributed by atoms with Crippen molar-refractivity contribution in [3.8, 4) is 6.07 Å². The Morgan fingerprint density at radius 2 is 2.36 bits per heavy atom. The van der Waals surface area contributed by atoms with Gasteiger partial charge in [-0.25, -0.2) is 4.98 Å². The molecule has 1 aliphatic heterocycles. The summed E-state index contributed by atoms with van der Waals surface area (Å²) in [5, 5.41) is 13.2. The summed E-state index contributed by atoms with van der Waals surface area (Å²) in [4.78, 5) is 18.8. The molecule has 112 valence electrons. The van der Waals surface area contributed by atoms with Gasteiger partial charge in [0.15, 0.2) is 0 Å². The lowest BCUT2D eigenvalue weighted by Gasteiger charge is -2.24. The molecule has 1 amide bonds. The zero-order valence-corrected chi connectivity index (χ0v) is 12.4. The van der Waals surface area contributed by atoms with Crippen molar-refractivity contribution < 1.29 is 4.79 Å². The minimum atomic E-state index is -0.0674. The largest absolute Gasteiger partial charge is 0.332 e. The smallest absolute Gasteiger partial charge is 0.272 e. The fourth-order valence-electron chi connectivity index (χ4n) is 2.86. The molecule has 3 heterocycles. The van der Waals surface area contributed by atoms with E-state index in [9.17, 15) is 4.79 Å². The lowest BCUT2D eigenvalue weighted by molar-refractivity contribution is 0.0715. The third-order valence-electron chi connectivity index (χ3n) is 4.02. The molecule has 6 heteroatoms. The molecule has 1 fully saturated rings. The molecule has 1 atom stereocenters. The Bertz CT molecular complexity index is 717. The standard InChI is InChI=1S/C16H17N5O/c1-12-13(10-17)5-6-15(19-12)16(22)21-9-2-4-14(21)11-20-8-3-7-18-20/h3,5-8,14H,2,4,9,11H2,1H3. The van der Waals surface area contributed by atoms with E-state index in [2.05, 4.69) is 16.2 Å². The van der Waals surface area contributed by atoms with Crippen LogP contribution in [-0.2, 0) is 6.54 Å². The first kappa shape index (κ1) is 14.3. The average Bonchev–Trinajstić information content (AvgIpc) is 3.18. The molecule has 0 N–H and O–H groups in total. The zero-order valence-electron chi connectivity index (χ0n) is 12.4. The summed E-state index contributed by atoms with van der Waals surface area (Å²) >= 11 is 0. The lowest BCUT2D eigenvalue weighted by atomic mass is 10.2. The molecule has 0 radical (unpaired) electrons. The summed E-state index contributed by atoms with van der Waals surface area (Å²) in [6, 6.07) is 7.39. The van der Waals surface area contributed by atoms with E-state index < -0.39 is 0 Å². The number of amides is 1.